The van der Waals surface area contributed by atoms with Gasteiger partial charge in [-0.05, 0) is 36.6 Å². The molecule has 0 saturated carbocycles. The molecule has 3 heterocycles. The van der Waals surface area contributed by atoms with E-state index in [0.717, 1.165) is 11.1 Å². The summed E-state index contributed by atoms with van der Waals surface area (Å²) in [6.07, 6.45) is 2.34. The molecule has 0 bridgehead atoms. The van der Waals surface area contributed by atoms with Crippen LogP contribution in [0.2, 0.25) is 0 Å². The average Bonchev–Trinajstić information content (AvgIpc) is 2.83. The van der Waals surface area contributed by atoms with Crippen molar-refractivity contribution >= 4 is 23.2 Å². The first-order valence-electron chi connectivity index (χ1n) is 8.87. The number of pyridine rings is 2. The topological polar surface area (TPSA) is 67.4 Å². The summed E-state index contributed by atoms with van der Waals surface area (Å²) in [6.45, 7) is 2.63. The summed E-state index contributed by atoms with van der Waals surface area (Å²) in [4.78, 5) is 23.9. The molecule has 6 nitrogen and oxygen atoms in total. The Hall–Kier alpha value is -3.41. The summed E-state index contributed by atoms with van der Waals surface area (Å²) >= 11 is 0. The van der Waals surface area contributed by atoms with Gasteiger partial charge in [0.1, 0.15) is 5.82 Å². The minimum absolute atomic E-state index is 0.184. The van der Waals surface area contributed by atoms with Gasteiger partial charge in [0.05, 0.1) is 18.4 Å². The molecule has 1 amide bonds. The van der Waals surface area contributed by atoms with E-state index in [1.54, 1.807) is 25.4 Å². The Labute approximate surface area is 157 Å². The maximum Gasteiger partial charge on any atom is 0.259 e. The summed E-state index contributed by atoms with van der Waals surface area (Å²) in [5.74, 6) is 1.57. The van der Waals surface area contributed by atoms with Crippen molar-refractivity contribution in [2.24, 2.45) is 0 Å². The van der Waals surface area contributed by atoms with Crippen molar-refractivity contribution in [2.45, 2.75) is 13.3 Å². The number of hydrogen-bond donors (Lipinski definition) is 1. The lowest BCUT2D eigenvalue weighted by Crippen LogP contribution is -2.20. The zero-order valence-corrected chi connectivity index (χ0v) is 15.3. The van der Waals surface area contributed by atoms with Crippen LogP contribution in [0.3, 0.4) is 0 Å². The Bertz CT molecular complexity index is 989. The number of fused-ring (bicyclic) bond motifs is 2. The van der Waals surface area contributed by atoms with Gasteiger partial charge in [0, 0.05) is 18.8 Å². The first-order chi connectivity index (χ1) is 13.2. The van der Waals surface area contributed by atoms with Crippen LogP contribution in [-0.2, 0) is 6.42 Å². The number of anilines is 3. The molecule has 4 rings (SSSR count). The van der Waals surface area contributed by atoms with Crippen LogP contribution in [0.15, 0.2) is 54.7 Å². The van der Waals surface area contributed by atoms with Gasteiger partial charge in [-0.1, -0.05) is 30.3 Å². The van der Waals surface area contributed by atoms with Gasteiger partial charge >= 0.3 is 0 Å². The van der Waals surface area contributed by atoms with Gasteiger partial charge in [-0.3, -0.25) is 4.79 Å². The lowest BCUT2D eigenvalue weighted by Gasteiger charge is -2.23. The van der Waals surface area contributed by atoms with Gasteiger partial charge < -0.3 is 15.0 Å². The lowest BCUT2D eigenvalue weighted by molar-refractivity contribution is 0.102. The standard InChI is InChI=1S/C21H20N4O2/c1-3-25-19-16(10-7-11-22-19)21(26)24-18-15(12-14-8-5-4-6-9-14)13-17(27-2)23-20(18)25/h4-11,13H,3,12H2,1-2H3,(H,24,26). The van der Waals surface area contributed by atoms with E-state index in [9.17, 15) is 4.79 Å². The number of carbonyl (C=O) groups excluding carboxylic acids is 1. The molecule has 0 atom stereocenters. The first kappa shape index (κ1) is 17.0. The van der Waals surface area contributed by atoms with E-state index < -0.39 is 0 Å². The summed E-state index contributed by atoms with van der Waals surface area (Å²) in [7, 11) is 1.60. The van der Waals surface area contributed by atoms with E-state index in [4.69, 9.17) is 4.74 Å². The number of nitrogens with zero attached hydrogens (tertiary/aromatic N) is 3. The molecule has 1 N–H and O–H groups in total. The van der Waals surface area contributed by atoms with Crippen LogP contribution < -0.4 is 15.0 Å². The number of methoxy groups -OCH3 is 1. The van der Waals surface area contributed by atoms with E-state index in [0.29, 0.717) is 41.7 Å². The highest BCUT2D eigenvalue weighted by Crippen LogP contribution is 2.39. The molecule has 27 heavy (non-hydrogen) atoms. The molecule has 0 unspecified atom stereocenters. The smallest absolute Gasteiger partial charge is 0.259 e. The molecule has 1 aromatic carbocycles. The SMILES string of the molecule is CCN1c2ncccc2C(=O)Nc2c(Cc3ccccc3)cc(OC)nc21. The minimum Gasteiger partial charge on any atom is -0.481 e. The van der Waals surface area contributed by atoms with Crippen molar-refractivity contribution in [3.05, 3.63) is 71.4 Å². The van der Waals surface area contributed by atoms with Gasteiger partial charge in [-0.25, -0.2) is 4.98 Å². The number of benzene rings is 1. The Kier molecular flexibility index (Phi) is 4.46. The normalized spacial score (nSPS) is 12.7. The quantitative estimate of drug-likeness (QED) is 0.766. The number of rotatable bonds is 4. The number of aromatic nitrogens is 2. The average molecular weight is 360 g/mol. The number of nitrogens with one attached hydrogen (secondary N) is 1. The van der Waals surface area contributed by atoms with Crippen molar-refractivity contribution in [3.8, 4) is 5.88 Å². The molecule has 0 fully saturated rings. The number of amides is 1. The van der Waals surface area contributed by atoms with Crippen molar-refractivity contribution in [2.75, 3.05) is 23.9 Å². The highest BCUT2D eigenvalue weighted by molar-refractivity contribution is 6.11. The highest BCUT2D eigenvalue weighted by atomic mass is 16.5. The molecule has 1 aliphatic heterocycles. The maximum atomic E-state index is 12.9. The minimum atomic E-state index is -0.184. The lowest BCUT2D eigenvalue weighted by atomic mass is 10.0. The fourth-order valence-electron chi connectivity index (χ4n) is 3.32. The fraction of sp³-hybridized carbons (Fsp3) is 0.190. The van der Waals surface area contributed by atoms with Gasteiger partial charge in [-0.2, -0.15) is 4.98 Å². The maximum absolute atomic E-state index is 12.9. The first-order valence-corrected chi connectivity index (χ1v) is 8.87. The van der Waals surface area contributed by atoms with E-state index in [1.807, 2.05) is 36.1 Å². The second-order valence-corrected chi connectivity index (χ2v) is 6.26. The van der Waals surface area contributed by atoms with Crippen LogP contribution in [0.4, 0.5) is 17.3 Å². The summed E-state index contributed by atoms with van der Waals surface area (Å²) in [5.41, 5.74) is 3.32. The Balaban J connectivity index is 1.90. The monoisotopic (exact) mass is 360 g/mol. The predicted molar refractivity (Wildman–Crippen MR) is 105 cm³/mol. The fourth-order valence-corrected chi connectivity index (χ4v) is 3.32. The van der Waals surface area contributed by atoms with Crippen LogP contribution in [0.1, 0.15) is 28.4 Å². The van der Waals surface area contributed by atoms with Crippen molar-refractivity contribution in [1.82, 2.24) is 9.97 Å². The van der Waals surface area contributed by atoms with Crippen LogP contribution >= 0.6 is 0 Å². The summed E-state index contributed by atoms with van der Waals surface area (Å²) < 4.78 is 5.44. The molecule has 0 spiro atoms. The summed E-state index contributed by atoms with van der Waals surface area (Å²) in [5, 5.41) is 3.04. The molecule has 2 aromatic heterocycles. The number of ether oxygens (including phenoxy) is 1. The molecular formula is C21H20N4O2. The second-order valence-electron chi connectivity index (χ2n) is 6.26. The zero-order chi connectivity index (χ0) is 18.8. The molecule has 0 radical (unpaired) electrons. The molecule has 6 heteroatoms. The van der Waals surface area contributed by atoms with Gasteiger partial charge in [0.15, 0.2) is 5.82 Å². The molecular weight excluding hydrogens is 340 g/mol. The molecule has 136 valence electrons. The molecule has 0 saturated heterocycles. The van der Waals surface area contributed by atoms with Gasteiger partial charge in [0.2, 0.25) is 5.88 Å². The van der Waals surface area contributed by atoms with E-state index in [1.165, 1.54) is 0 Å². The number of carbonyl (C=O) groups is 1. The van der Waals surface area contributed by atoms with Crippen LogP contribution in [0, 0.1) is 0 Å². The highest BCUT2D eigenvalue weighted by Gasteiger charge is 2.29. The Morgan fingerprint density at radius 3 is 2.67 bits per heavy atom. The van der Waals surface area contributed by atoms with Gasteiger partial charge in [0.25, 0.3) is 5.91 Å². The number of hydrogen-bond acceptors (Lipinski definition) is 5. The zero-order valence-electron chi connectivity index (χ0n) is 15.3. The van der Waals surface area contributed by atoms with Crippen LogP contribution in [-0.4, -0.2) is 29.5 Å². The van der Waals surface area contributed by atoms with E-state index in [2.05, 4.69) is 27.4 Å². The van der Waals surface area contributed by atoms with Gasteiger partial charge in [-0.15, -0.1) is 0 Å². The predicted octanol–water partition coefficient (Wildman–Crippen LogP) is 3.80. The second kappa shape index (κ2) is 7.07. The third-order valence-corrected chi connectivity index (χ3v) is 4.60. The third-order valence-electron chi connectivity index (χ3n) is 4.60. The molecule has 3 aromatic rings. The van der Waals surface area contributed by atoms with E-state index >= 15 is 0 Å². The third kappa shape index (κ3) is 3.10. The van der Waals surface area contributed by atoms with Crippen molar-refractivity contribution in [1.29, 1.82) is 0 Å². The molecule has 0 aliphatic carbocycles. The van der Waals surface area contributed by atoms with Crippen molar-refractivity contribution in [3.63, 3.8) is 0 Å². The van der Waals surface area contributed by atoms with Crippen LogP contribution in [0.25, 0.3) is 0 Å². The summed E-state index contributed by atoms with van der Waals surface area (Å²) in [6, 6.07) is 15.5. The molecule has 1 aliphatic rings. The Morgan fingerprint density at radius 1 is 1.11 bits per heavy atom. The van der Waals surface area contributed by atoms with E-state index in [-0.39, 0.29) is 5.91 Å². The van der Waals surface area contributed by atoms with Crippen LogP contribution in [0.5, 0.6) is 5.88 Å². The Morgan fingerprint density at radius 2 is 1.93 bits per heavy atom. The largest absolute Gasteiger partial charge is 0.481 e. The van der Waals surface area contributed by atoms with Crippen molar-refractivity contribution < 1.29 is 9.53 Å².